The maximum atomic E-state index is 12.2. The molecule has 2 rings (SSSR count). The number of benzene rings is 2. The van der Waals surface area contributed by atoms with Crippen molar-refractivity contribution < 1.29 is 14.3 Å². The van der Waals surface area contributed by atoms with Gasteiger partial charge in [0.15, 0.2) is 6.61 Å². The van der Waals surface area contributed by atoms with Gasteiger partial charge in [0.25, 0.3) is 11.8 Å². The molecule has 3 N–H and O–H groups in total. The molecule has 26 heavy (non-hydrogen) atoms. The second kappa shape index (κ2) is 9.10. The van der Waals surface area contributed by atoms with Crippen molar-refractivity contribution in [3.05, 3.63) is 53.1 Å². The van der Waals surface area contributed by atoms with Crippen LogP contribution in [-0.2, 0) is 4.79 Å². The summed E-state index contributed by atoms with van der Waals surface area (Å²) in [5.41, 5.74) is 7.21. The molecule has 0 heterocycles. The number of anilines is 2. The number of nitrogens with two attached hydrogens (primary N) is 1. The van der Waals surface area contributed by atoms with Gasteiger partial charge in [0, 0.05) is 30.0 Å². The van der Waals surface area contributed by atoms with Crippen molar-refractivity contribution in [3.63, 3.8) is 0 Å². The quantitative estimate of drug-likeness (QED) is 0.726. The maximum Gasteiger partial charge on any atom is 0.260 e. The van der Waals surface area contributed by atoms with Crippen LogP contribution in [0.25, 0.3) is 0 Å². The number of carbonyl (C=O) groups excluding carboxylic acids is 2. The Kier molecular flexibility index (Phi) is 6.86. The van der Waals surface area contributed by atoms with E-state index in [-0.39, 0.29) is 18.4 Å². The molecule has 0 fully saturated rings. The lowest BCUT2D eigenvalue weighted by Gasteiger charge is -2.19. The average Bonchev–Trinajstić information content (AvgIpc) is 2.62. The molecule has 2 aromatic rings. The molecule has 0 saturated heterocycles. The van der Waals surface area contributed by atoms with E-state index in [1.807, 2.05) is 13.8 Å². The van der Waals surface area contributed by atoms with E-state index in [0.29, 0.717) is 40.8 Å². The fraction of sp³-hybridized carbons (Fsp3) is 0.263. The lowest BCUT2D eigenvalue weighted by Crippen LogP contribution is -2.34. The van der Waals surface area contributed by atoms with Crippen molar-refractivity contribution in [1.82, 2.24) is 4.90 Å². The number of amides is 2. The van der Waals surface area contributed by atoms with Crippen LogP contribution in [0.1, 0.15) is 24.2 Å². The lowest BCUT2D eigenvalue weighted by molar-refractivity contribution is -0.132. The Labute approximate surface area is 157 Å². The van der Waals surface area contributed by atoms with E-state index < -0.39 is 0 Å². The third-order valence-corrected chi connectivity index (χ3v) is 4.13. The van der Waals surface area contributed by atoms with Crippen molar-refractivity contribution in [1.29, 1.82) is 0 Å². The first kappa shape index (κ1) is 19.6. The zero-order valence-electron chi connectivity index (χ0n) is 14.8. The van der Waals surface area contributed by atoms with Gasteiger partial charge in [0.1, 0.15) is 5.75 Å². The van der Waals surface area contributed by atoms with E-state index in [2.05, 4.69) is 5.32 Å². The topological polar surface area (TPSA) is 84.7 Å². The minimum Gasteiger partial charge on any atom is -0.482 e. The van der Waals surface area contributed by atoms with Crippen LogP contribution in [-0.4, -0.2) is 36.4 Å². The summed E-state index contributed by atoms with van der Waals surface area (Å²) in [6.07, 6.45) is 0. The monoisotopic (exact) mass is 375 g/mol. The number of likely N-dealkylation sites (N-methyl/N-ethyl adjacent to an activating group) is 1. The molecule has 0 aliphatic heterocycles. The summed E-state index contributed by atoms with van der Waals surface area (Å²) < 4.78 is 5.49. The smallest absolute Gasteiger partial charge is 0.260 e. The van der Waals surface area contributed by atoms with E-state index in [1.54, 1.807) is 47.4 Å². The number of nitrogens with one attached hydrogen (secondary N) is 1. The first-order chi connectivity index (χ1) is 12.4. The zero-order chi connectivity index (χ0) is 19.1. The van der Waals surface area contributed by atoms with Crippen LogP contribution in [0.2, 0.25) is 5.02 Å². The van der Waals surface area contributed by atoms with Gasteiger partial charge >= 0.3 is 0 Å². The number of halogens is 1. The molecule has 0 atom stereocenters. The Balaban J connectivity index is 1.99. The van der Waals surface area contributed by atoms with Gasteiger partial charge in [-0.25, -0.2) is 0 Å². The van der Waals surface area contributed by atoms with Crippen molar-refractivity contribution in [2.45, 2.75) is 13.8 Å². The molecule has 0 spiro atoms. The van der Waals surface area contributed by atoms with Gasteiger partial charge in [-0.15, -0.1) is 0 Å². The molecule has 0 bridgehead atoms. The van der Waals surface area contributed by atoms with Crippen LogP contribution in [0.4, 0.5) is 11.4 Å². The molecule has 0 saturated carbocycles. The summed E-state index contributed by atoms with van der Waals surface area (Å²) in [5, 5.41) is 3.06. The Morgan fingerprint density at radius 2 is 1.77 bits per heavy atom. The number of ether oxygens (including phenoxy) is 1. The number of hydrogen-bond acceptors (Lipinski definition) is 4. The van der Waals surface area contributed by atoms with Gasteiger partial charge in [-0.2, -0.15) is 0 Å². The molecule has 0 aromatic heterocycles. The number of rotatable bonds is 7. The molecule has 2 aromatic carbocycles. The number of carbonyl (C=O) groups is 2. The summed E-state index contributed by atoms with van der Waals surface area (Å²) in [6.45, 7) is 4.99. The summed E-state index contributed by atoms with van der Waals surface area (Å²) in [7, 11) is 0. The van der Waals surface area contributed by atoms with E-state index in [4.69, 9.17) is 22.1 Å². The predicted molar refractivity (Wildman–Crippen MR) is 104 cm³/mol. The fourth-order valence-electron chi connectivity index (χ4n) is 2.34. The van der Waals surface area contributed by atoms with E-state index in [0.717, 1.165) is 0 Å². The SMILES string of the molecule is CCN(CC)C(=O)COc1ccc(NC(=O)c2ccc(N)cc2)cc1Cl. The van der Waals surface area contributed by atoms with Crippen molar-refractivity contribution in [2.75, 3.05) is 30.7 Å². The van der Waals surface area contributed by atoms with Gasteiger partial charge in [-0.05, 0) is 56.3 Å². The van der Waals surface area contributed by atoms with Gasteiger partial charge in [-0.1, -0.05) is 11.6 Å². The maximum absolute atomic E-state index is 12.2. The standard InChI is InChI=1S/C19H22ClN3O3/c1-3-23(4-2)18(24)12-26-17-10-9-15(11-16(17)20)22-19(25)13-5-7-14(21)8-6-13/h5-11H,3-4,12,21H2,1-2H3,(H,22,25). The zero-order valence-corrected chi connectivity index (χ0v) is 15.5. The molecule has 2 amide bonds. The molecule has 138 valence electrons. The molecule has 7 heteroatoms. The second-order valence-electron chi connectivity index (χ2n) is 5.58. The highest BCUT2D eigenvalue weighted by Crippen LogP contribution is 2.28. The van der Waals surface area contributed by atoms with Crippen LogP contribution in [0.3, 0.4) is 0 Å². The Hall–Kier alpha value is -2.73. The largest absolute Gasteiger partial charge is 0.482 e. The van der Waals surface area contributed by atoms with Crippen LogP contribution in [0.5, 0.6) is 5.75 Å². The molecule has 0 unspecified atom stereocenters. The minimum atomic E-state index is -0.272. The normalized spacial score (nSPS) is 10.3. The first-order valence-electron chi connectivity index (χ1n) is 8.31. The summed E-state index contributed by atoms with van der Waals surface area (Å²) >= 11 is 6.19. The third kappa shape index (κ3) is 5.13. The summed E-state index contributed by atoms with van der Waals surface area (Å²) in [6, 6.07) is 11.5. The van der Waals surface area contributed by atoms with Crippen LogP contribution in [0.15, 0.2) is 42.5 Å². The van der Waals surface area contributed by atoms with Crippen LogP contribution in [0, 0.1) is 0 Å². The highest BCUT2D eigenvalue weighted by molar-refractivity contribution is 6.32. The molecular formula is C19H22ClN3O3. The van der Waals surface area contributed by atoms with Crippen LogP contribution >= 0.6 is 11.6 Å². The highest BCUT2D eigenvalue weighted by Gasteiger charge is 2.12. The van der Waals surface area contributed by atoms with Crippen molar-refractivity contribution in [2.24, 2.45) is 0 Å². The molecule has 0 aliphatic carbocycles. The predicted octanol–water partition coefficient (Wildman–Crippen LogP) is 3.42. The second-order valence-corrected chi connectivity index (χ2v) is 5.98. The van der Waals surface area contributed by atoms with Gasteiger partial charge < -0.3 is 20.7 Å². The average molecular weight is 376 g/mol. The Morgan fingerprint density at radius 1 is 1.12 bits per heavy atom. The third-order valence-electron chi connectivity index (χ3n) is 3.83. The number of nitrogen functional groups attached to an aromatic ring is 1. The minimum absolute atomic E-state index is 0.0848. The van der Waals surface area contributed by atoms with Gasteiger partial charge in [0.2, 0.25) is 0 Å². The Morgan fingerprint density at radius 3 is 2.35 bits per heavy atom. The van der Waals surface area contributed by atoms with Crippen LogP contribution < -0.4 is 15.8 Å². The van der Waals surface area contributed by atoms with E-state index in [1.165, 1.54) is 0 Å². The van der Waals surface area contributed by atoms with Crippen molar-refractivity contribution in [3.8, 4) is 5.75 Å². The van der Waals surface area contributed by atoms with Crippen molar-refractivity contribution >= 4 is 34.8 Å². The molecule has 0 aliphatic rings. The van der Waals surface area contributed by atoms with E-state index in [9.17, 15) is 9.59 Å². The summed E-state index contributed by atoms with van der Waals surface area (Å²) in [5.74, 6) is 0.0101. The summed E-state index contributed by atoms with van der Waals surface area (Å²) in [4.78, 5) is 25.9. The lowest BCUT2D eigenvalue weighted by atomic mass is 10.2. The number of hydrogen-bond donors (Lipinski definition) is 2. The first-order valence-corrected chi connectivity index (χ1v) is 8.69. The van der Waals surface area contributed by atoms with Gasteiger partial charge in [0.05, 0.1) is 5.02 Å². The number of nitrogens with zero attached hydrogens (tertiary/aromatic N) is 1. The molecular weight excluding hydrogens is 354 g/mol. The fourth-order valence-corrected chi connectivity index (χ4v) is 2.58. The molecule has 0 radical (unpaired) electrons. The Bertz CT molecular complexity index is 774. The van der Waals surface area contributed by atoms with E-state index >= 15 is 0 Å². The van der Waals surface area contributed by atoms with Gasteiger partial charge in [-0.3, -0.25) is 9.59 Å². The molecule has 6 nitrogen and oxygen atoms in total. The highest BCUT2D eigenvalue weighted by atomic mass is 35.5.